The summed E-state index contributed by atoms with van der Waals surface area (Å²) in [6.07, 6.45) is 2.00. The Labute approximate surface area is 88.3 Å². The number of hydrogen-bond acceptors (Lipinski definition) is 2. The Balaban J connectivity index is 3.15. The molecule has 0 aromatic heterocycles. The lowest BCUT2D eigenvalue weighted by atomic mass is 9.97. The van der Waals surface area contributed by atoms with Gasteiger partial charge in [0.1, 0.15) is 0 Å². The van der Waals surface area contributed by atoms with Crippen molar-refractivity contribution >= 4 is 17.7 Å². The van der Waals surface area contributed by atoms with E-state index in [1.807, 2.05) is 31.4 Å². The molecule has 0 saturated heterocycles. The van der Waals surface area contributed by atoms with Crippen LogP contribution in [0.2, 0.25) is 0 Å². The SMILES string of the molecule is CSc1cccc(C(C)C(=O)O)c1C. The van der Waals surface area contributed by atoms with Gasteiger partial charge in [0.05, 0.1) is 5.92 Å². The molecular weight excluding hydrogens is 196 g/mol. The third-order valence-electron chi connectivity index (χ3n) is 2.38. The minimum absolute atomic E-state index is 0.429. The molecule has 1 aromatic rings. The van der Waals surface area contributed by atoms with Gasteiger partial charge in [0, 0.05) is 4.90 Å². The first kappa shape index (κ1) is 11.1. The summed E-state index contributed by atoms with van der Waals surface area (Å²) in [4.78, 5) is 12.0. The minimum Gasteiger partial charge on any atom is -0.481 e. The summed E-state index contributed by atoms with van der Waals surface area (Å²) in [6, 6.07) is 5.81. The molecule has 1 unspecified atom stereocenters. The maximum atomic E-state index is 10.8. The van der Waals surface area contributed by atoms with Crippen LogP contribution in [0.1, 0.15) is 24.0 Å². The van der Waals surface area contributed by atoms with Crippen molar-refractivity contribution in [1.29, 1.82) is 0 Å². The van der Waals surface area contributed by atoms with Crippen LogP contribution >= 0.6 is 11.8 Å². The van der Waals surface area contributed by atoms with Crippen molar-refractivity contribution in [3.63, 3.8) is 0 Å². The van der Waals surface area contributed by atoms with E-state index in [4.69, 9.17) is 5.11 Å². The fourth-order valence-electron chi connectivity index (χ4n) is 1.45. The van der Waals surface area contributed by atoms with E-state index >= 15 is 0 Å². The molecule has 1 aromatic carbocycles. The number of thioether (sulfide) groups is 1. The van der Waals surface area contributed by atoms with Crippen molar-refractivity contribution < 1.29 is 9.90 Å². The van der Waals surface area contributed by atoms with E-state index in [9.17, 15) is 4.79 Å². The van der Waals surface area contributed by atoms with Gasteiger partial charge in [-0.2, -0.15) is 0 Å². The summed E-state index contributed by atoms with van der Waals surface area (Å²) in [5.74, 6) is -1.20. The van der Waals surface area contributed by atoms with Crippen molar-refractivity contribution in [3.05, 3.63) is 29.3 Å². The molecule has 0 bridgehead atoms. The van der Waals surface area contributed by atoms with Gasteiger partial charge in [0.15, 0.2) is 0 Å². The number of carboxylic acid groups (broad SMARTS) is 1. The Bertz CT molecular complexity index is 347. The van der Waals surface area contributed by atoms with Crippen molar-refractivity contribution in [2.24, 2.45) is 0 Å². The maximum absolute atomic E-state index is 10.8. The highest BCUT2D eigenvalue weighted by atomic mass is 32.2. The van der Waals surface area contributed by atoms with Crippen LogP contribution in [-0.2, 0) is 4.79 Å². The van der Waals surface area contributed by atoms with Crippen LogP contribution in [-0.4, -0.2) is 17.3 Å². The van der Waals surface area contributed by atoms with Crippen LogP contribution in [0, 0.1) is 6.92 Å². The highest BCUT2D eigenvalue weighted by Gasteiger charge is 2.16. The highest BCUT2D eigenvalue weighted by molar-refractivity contribution is 7.98. The molecule has 76 valence electrons. The zero-order valence-corrected chi connectivity index (χ0v) is 9.39. The third kappa shape index (κ3) is 2.10. The lowest BCUT2D eigenvalue weighted by Crippen LogP contribution is -2.09. The Morgan fingerprint density at radius 2 is 2.14 bits per heavy atom. The molecule has 0 radical (unpaired) electrons. The predicted molar refractivity (Wildman–Crippen MR) is 59.0 cm³/mol. The number of carboxylic acids is 1. The van der Waals surface area contributed by atoms with Crippen molar-refractivity contribution in [3.8, 4) is 0 Å². The summed E-state index contributed by atoms with van der Waals surface area (Å²) in [7, 11) is 0. The van der Waals surface area contributed by atoms with Gasteiger partial charge in [0.2, 0.25) is 0 Å². The number of benzene rings is 1. The van der Waals surface area contributed by atoms with Crippen LogP contribution in [0.3, 0.4) is 0 Å². The molecular formula is C11H14O2S. The van der Waals surface area contributed by atoms with Crippen molar-refractivity contribution in [1.82, 2.24) is 0 Å². The van der Waals surface area contributed by atoms with E-state index in [0.29, 0.717) is 0 Å². The largest absolute Gasteiger partial charge is 0.481 e. The van der Waals surface area contributed by atoms with E-state index in [1.165, 1.54) is 0 Å². The summed E-state index contributed by atoms with van der Waals surface area (Å²) >= 11 is 1.65. The molecule has 0 fully saturated rings. The maximum Gasteiger partial charge on any atom is 0.310 e. The zero-order valence-electron chi connectivity index (χ0n) is 8.57. The summed E-state index contributed by atoms with van der Waals surface area (Å²) in [6.45, 7) is 3.69. The number of aliphatic carboxylic acids is 1. The second-order valence-electron chi connectivity index (χ2n) is 3.23. The summed E-state index contributed by atoms with van der Waals surface area (Å²) in [5, 5.41) is 8.92. The first-order valence-electron chi connectivity index (χ1n) is 4.44. The number of hydrogen-bond donors (Lipinski definition) is 1. The van der Waals surface area contributed by atoms with E-state index in [1.54, 1.807) is 18.7 Å². The van der Waals surface area contributed by atoms with Gasteiger partial charge in [-0.05, 0) is 37.3 Å². The molecule has 0 aliphatic carbocycles. The Kier molecular flexibility index (Phi) is 3.58. The molecule has 1 atom stereocenters. The second-order valence-corrected chi connectivity index (χ2v) is 4.08. The molecule has 3 heteroatoms. The molecule has 0 heterocycles. The molecule has 1 N–H and O–H groups in total. The third-order valence-corrected chi connectivity index (χ3v) is 3.26. The van der Waals surface area contributed by atoms with Crippen molar-refractivity contribution in [2.75, 3.05) is 6.26 Å². The van der Waals surface area contributed by atoms with E-state index in [0.717, 1.165) is 16.0 Å². The van der Waals surface area contributed by atoms with Gasteiger partial charge in [-0.1, -0.05) is 12.1 Å². The van der Waals surface area contributed by atoms with Gasteiger partial charge in [-0.15, -0.1) is 11.8 Å². The fourth-order valence-corrected chi connectivity index (χ4v) is 2.09. The molecule has 0 saturated carbocycles. The molecule has 0 aliphatic rings. The van der Waals surface area contributed by atoms with E-state index < -0.39 is 11.9 Å². The zero-order chi connectivity index (χ0) is 10.7. The summed E-state index contributed by atoms with van der Waals surface area (Å²) in [5.41, 5.74) is 1.99. The average Bonchev–Trinajstić information content (AvgIpc) is 2.17. The van der Waals surface area contributed by atoms with Gasteiger partial charge >= 0.3 is 5.97 Å². The molecule has 2 nitrogen and oxygen atoms in total. The smallest absolute Gasteiger partial charge is 0.310 e. The second kappa shape index (κ2) is 4.51. The monoisotopic (exact) mass is 210 g/mol. The standard InChI is InChI=1S/C11H14O2S/c1-7-9(8(2)11(12)13)5-4-6-10(7)14-3/h4-6,8H,1-3H3,(H,12,13). The Morgan fingerprint density at radius 1 is 1.50 bits per heavy atom. The van der Waals surface area contributed by atoms with Crippen LogP contribution in [0.25, 0.3) is 0 Å². The summed E-state index contributed by atoms with van der Waals surface area (Å²) < 4.78 is 0. The Morgan fingerprint density at radius 3 is 2.64 bits per heavy atom. The molecule has 14 heavy (non-hydrogen) atoms. The first-order chi connectivity index (χ1) is 6.57. The lowest BCUT2D eigenvalue weighted by molar-refractivity contribution is -0.138. The molecule has 0 amide bonds. The first-order valence-corrected chi connectivity index (χ1v) is 5.66. The fraction of sp³-hybridized carbons (Fsp3) is 0.364. The Hall–Kier alpha value is -0.960. The quantitative estimate of drug-likeness (QED) is 0.779. The molecule has 0 spiro atoms. The van der Waals surface area contributed by atoms with Crippen LogP contribution in [0.4, 0.5) is 0 Å². The van der Waals surface area contributed by atoms with Gasteiger partial charge in [-0.3, -0.25) is 4.79 Å². The predicted octanol–water partition coefficient (Wildman–Crippen LogP) is 2.91. The molecule has 1 rings (SSSR count). The van der Waals surface area contributed by atoms with E-state index in [2.05, 4.69) is 0 Å². The van der Waals surface area contributed by atoms with Gasteiger partial charge in [-0.25, -0.2) is 0 Å². The van der Waals surface area contributed by atoms with Crippen LogP contribution < -0.4 is 0 Å². The normalized spacial score (nSPS) is 12.5. The number of rotatable bonds is 3. The van der Waals surface area contributed by atoms with Crippen molar-refractivity contribution in [2.45, 2.75) is 24.7 Å². The van der Waals surface area contributed by atoms with Gasteiger partial charge in [0.25, 0.3) is 0 Å². The topological polar surface area (TPSA) is 37.3 Å². The lowest BCUT2D eigenvalue weighted by Gasteiger charge is -2.12. The van der Waals surface area contributed by atoms with E-state index in [-0.39, 0.29) is 0 Å². The van der Waals surface area contributed by atoms with Crippen LogP contribution in [0.15, 0.2) is 23.1 Å². The average molecular weight is 210 g/mol. The highest BCUT2D eigenvalue weighted by Crippen LogP contribution is 2.27. The molecule has 0 aliphatic heterocycles. The number of carbonyl (C=O) groups is 1. The van der Waals surface area contributed by atoms with Crippen LogP contribution in [0.5, 0.6) is 0 Å². The van der Waals surface area contributed by atoms with Gasteiger partial charge < -0.3 is 5.11 Å². The minimum atomic E-state index is -0.772.